The van der Waals surface area contributed by atoms with Crippen LogP contribution in [0.3, 0.4) is 0 Å². The van der Waals surface area contributed by atoms with Crippen LogP contribution >= 0.6 is 15.9 Å². The van der Waals surface area contributed by atoms with E-state index in [2.05, 4.69) is 15.9 Å². The quantitative estimate of drug-likeness (QED) is 0.472. The lowest BCUT2D eigenvalue weighted by molar-refractivity contribution is -0.646. The highest BCUT2D eigenvalue weighted by molar-refractivity contribution is 9.10. The Morgan fingerprint density at radius 3 is 2.65 bits per heavy atom. The summed E-state index contributed by atoms with van der Waals surface area (Å²) >= 11 is 3.40. The summed E-state index contributed by atoms with van der Waals surface area (Å²) in [7, 11) is 0. The molecule has 0 saturated carbocycles. The molecule has 0 radical (unpaired) electrons. The van der Waals surface area contributed by atoms with Crippen molar-refractivity contribution in [1.29, 1.82) is 0 Å². The molecule has 0 bridgehead atoms. The summed E-state index contributed by atoms with van der Waals surface area (Å²) in [6.07, 6.45) is 0. The molecular formula is C19H21BrN3O3+. The number of hydrogen-bond acceptors (Lipinski definition) is 4. The Hall–Kier alpha value is -2.54. The number of para-hydroxylation sites is 2. The molecule has 0 aliphatic heterocycles. The number of fused-ring (bicyclic) bond motifs is 1. The molecule has 3 rings (SSSR count). The Morgan fingerprint density at radius 2 is 1.92 bits per heavy atom. The van der Waals surface area contributed by atoms with Crippen molar-refractivity contribution in [2.24, 2.45) is 0 Å². The van der Waals surface area contributed by atoms with E-state index in [4.69, 9.17) is 15.2 Å². The Bertz CT molecular complexity index is 906. The molecule has 0 fully saturated rings. The number of halogens is 1. The van der Waals surface area contributed by atoms with Crippen molar-refractivity contribution in [2.45, 2.75) is 20.0 Å². The smallest absolute Gasteiger partial charge is 0.356 e. The molecule has 6 nitrogen and oxygen atoms in total. The van der Waals surface area contributed by atoms with Gasteiger partial charge >= 0.3 is 11.9 Å². The first-order valence-corrected chi connectivity index (χ1v) is 9.20. The van der Waals surface area contributed by atoms with E-state index in [1.54, 1.807) is 11.5 Å². The Balaban J connectivity index is 1.80. The Morgan fingerprint density at radius 1 is 1.19 bits per heavy atom. The van der Waals surface area contributed by atoms with Crippen LogP contribution in [0.15, 0.2) is 53.0 Å². The van der Waals surface area contributed by atoms with E-state index in [1.807, 2.05) is 53.1 Å². The zero-order valence-corrected chi connectivity index (χ0v) is 16.1. The van der Waals surface area contributed by atoms with E-state index in [-0.39, 0.29) is 12.5 Å². The zero-order valence-electron chi connectivity index (χ0n) is 14.5. The van der Waals surface area contributed by atoms with Crippen molar-refractivity contribution in [3.05, 3.63) is 53.0 Å². The lowest BCUT2D eigenvalue weighted by Crippen LogP contribution is -2.41. The largest absolute Gasteiger partial charge is 0.490 e. The molecule has 0 unspecified atom stereocenters. The van der Waals surface area contributed by atoms with E-state index in [9.17, 15) is 4.79 Å². The molecule has 1 heterocycles. The molecule has 0 aliphatic carbocycles. The van der Waals surface area contributed by atoms with Gasteiger partial charge in [0.2, 0.25) is 0 Å². The topological polar surface area (TPSA) is 70.4 Å². The van der Waals surface area contributed by atoms with Crippen molar-refractivity contribution in [2.75, 3.05) is 18.9 Å². The van der Waals surface area contributed by atoms with Crippen LogP contribution in [-0.4, -0.2) is 23.8 Å². The number of nitrogens with zero attached hydrogens (tertiary/aromatic N) is 2. The average molecular weight is 419 g/mol. The molecule has 0 atom stereocenters. The minimum Gasteiger partial charge on any atom is -0.490 e. The maximum Gasteiger partial charge on any atom is 0.356 e. The minimum atomic E-state index is -0.307. The second-order valence-electron chi connectivity index (χ2n) is 5.69. The highest BCUT2D eigenvalue weighted by atomic mass is 79.9. The molecule has 1 aromatic heterocycles. The normalized spacial score (nSPS) is 10.8. The van der Waals surface area contributed by atoms with Crippen LogP contribution in [0.1, 0.15) is 6.92 Å². The number of nitrogen functional groups attached to an aromatic ring is 1. The molecule has 2 aromatic carbocycles. The number of nitrogens with two attached hydrogens (primary N) is 1. The second kappa shape index (κ2) is 8.23. The van der Waals surface area contributed by atoms with Gasteiger partial charge in [0.1, 0.15) is 29.9 Å². The minimum absolute atomic E-state index is 0.0841. The van der Waals surface area contributed by atoms with Crippen LogP contribution in [0.2, 0.25) is 0 Å². The third-order valence-corrected chi connectivity index (χ3v) is 4.53. The van der Waals surface area contributed by atoms with Crippen LogP contribution in [0.5, 0.6) is 5.75 Å². The number of esters is 1. The monoisotopic (exact) mass is 418 g/mol. The number of aromatic nitrogens is 2. The molecule has 0 aliphatic rings. The number of anilines is 1. The maximum absolute atomic E-state index is 11.9. The molecule has 7 heteroatoms. The van der Waals surface area contributed by atoms with E-state index in [0.29, 0.717) is 25.7 Å². The first-order chi connectivity index (χ1) is 12.6. The number of imidazole rings is 1. The van der Waals surface area contributed by atoms with E-state index < -0.39 is 0 Å². The highest BCUT2D eigenvalue weighted by Crippen LogP contribution is 2.18. The van der Waals surface area contributed by atoms with Gasteiger partial charge in [-0.3, -0.25) is 5.73 Å². The van der Waals surface area contributed by atoms with Crippen LogP contribution < -0.4 is 15.0 Å². The predicted octanol–water partition coefficient (Wildman–Crippen LogP) is 2.92. The van der Waals surface area contributed by atoms with Gasteiger partial charge in [0.25, 0.3) is 0 Å². The summed E-state index contributed by atoms with van der Waals surface area (Å²) in [5.74, 6) is 0.986. The third kappa shape index (κ3) is 3.99. The number of benzene rings is 2. The van der Waals surface area contributed by atoms with Crippen LogP contribution in [0, 0.1) is 0 Å². The van der Waals surface area contributed by atoms with Gasteiger partial charge in [-0.15, -0.1) is 0 Å². The van der Waals surface area contributed by atoms with Crippen LogP contribution in [0.4, 0.5) is 5.95 Å². The van der Waals surface area contributed by atoms with Gasteiger partial charge in [-0.2, -0.15) is 0 Å². The number of rotatable bonds is 7. The highest BCUT2D eigenvalue weighted by Gasteiger charge is 2.22. The number of hydrogen-bond donors (Lipinski definition) is 1. The van der Waals surface area contributed by atoms with Gasteiger partial charge in [-0.25, -0.2) is 13.9 Å². The molecule has 3 aromatic rings. The lowest BCUT2D eigenvalue weighted by atomic mass is 10.3. The van der Waals surface area contributed by atoms with E-state index in [0.717, 1.165) is 21.3 Å². The Kier molecular flexibility index (Phi) is 5.78. The van der Waals surface area contributed by atoms with E-state index >= 15 is 0 Å². The Labute approximate surface area is 160 Å². The lowest BCUT2D eigenvalue weighted by Gasteiger charge is -2.06. The van der Waals surface area contributed by atoms with Crippen LogP contribution in [0.25, 0.3) is 11.0 Å². The first kappa shape index (κ1) is 18.3. The summed E-state index contributed by atoms with van der Waals surface area (Å²) in [6.45, 7) is 3.25. The summed E-state index contributed by atoms with van der Waals surface area (Å²) in [5.41, 5.74) is 8.16. The van der Waals surface area contributed by atoms with E-state index in [1.165, 1.54) is 0 Å². The van der Waals surface area contributed by atoms with Gasteiger partial charge in [-0.1, -0.05) is 28.1 Å². The summed E-state index contributed by atoms with van der Waals surface area (Å²) in [4.78, 5) is 11.9. The maximum atomic E-state index is 11.9. The molecular weight excluding hydrogens is 398 g/mol. The summed E-state index contributed by atoms with van der Waals surface area (Å²) < 4.78 is 15.6. The standard InChI is InChI=1S/C19H20BrN3O3/c1-2-25-18(24)13-23-17-6-4-3-5-16(17)22(19(23)21)11-12-26-15-9-7-14(20)8-10-15/h3-10,21H,2,11-13H2,1H3/p+1. The van der Waals surface area contributed by atoms with Crippen molar-refractivity contribution in [1.82, 2.24) is 4.57 Å². The molecule has 2 N–H and O–H groups in total. The second-order valence-corrected chi connectivity index (χ2v) is 6.61. The fourth-order valence-electron chi connectivity index (χ4n) is 2.84. The average Bonchev–Trinajstić information content (AvgIpc) is 2.89. The third-order valence-electron chi connectivity index (χ3n) is 4.01. The van der Waals surface area contributed by atoms with Gasteiger partial charge < -0.3 is 9.47 Å². The van der Waals surface area contributed by atoms with Gasteiger partial charge in [-0.05, 0) is 43.3 Å². The molecule has 26 heavy (non-hydrogen) atoms. The molecule has 136 valence electrons. The fraction of sp³-hybridized carbons (Fsp3) is 0.263. The van der Waals surface area contributed by atoms with Crippen molar-refractivity contribution < 1.29 is 18.8 Å². The van der Waals surface area contributed by atoms with Crippen molar-refractivity contribution in [3.8, 4) is 5.75 Å². The van der Waals surface area contributed by atoms with Gasteiger partial charge in [0.15, 0.2) is 6.54 Å². The SMILES string of the molecule is CCOC(=O)C[n+]1c(N)n(CCOc2ccc(Br)cc2)c2ccccc21. The number of ether oxygens (including phenoxy) is 2. The van der Waals surface area contributed by atoms with Crippen molar-refractivity contribution in [3.63, 3.8) is 0 Å². The molecule has 0 saturated heterocycles. The zero-order chi connectivity index (χ0) is 18.5. The van der Waals surface area contributed by atoms with Crippen LogP contribution in [-0.2, 0) is 22.6 Å². The fourth-order valence-corrected chi connectivity index (χ4v) is 3.10. The predicted molar refractivity (Wildman–Crippen MR) is 103 cm³/mol. The van der Waals surface area contributed by atoms with Gasteiger partial charge in [0, 0.05) is 4.47 Å². The number of carbonyl (C=O) groups excluding carboxylic acids is 1. The molecule has 0 spiro atoms. The summed E-state index contributed by atoms with van der Waals surface area (Å²) in [5, 5.41) is 0. The first-order valence-electron chi connectivity index (χ1n) is 8.40. The summed E-state index contributed by atoms with van der Waals surface area (Å²) in [6, 6.07) is 15.5. The number of carbonyl (C=O) groups is 1. The van der Waals surface area contributed by atoms with Gasteiger partial charge in [0.05, 0.1) is 6.61 Å². The molecule has 0 amide bonds. The van der Waals surface area contributed by atoms with Crippen molar-refractivity contribution >= 4 is 38.9 Å².